The van der Waals surface area contributed by atoms with Crippen molar-refractivity contribution in [2.75, 3.05) is 7.11 Å². The van der Waals surface area contributed by atoms with Crippen molar-refractivity contribution < 1.29 is 14.8 Å². The Hall–Kier alpha value is -3.40. The molecule has 0 unspecified atom stereocenters. The number of hydrogen-bond acceptors (Lipinski definition) is 8. The molecule has 0 fully saturated rings. The van der Waals surface area contributed by atoms with Crippen LogP contribution >= 0.6 is 11.8 Å². The van der Waals surface area contributed by atoms with Crippen molar-refractivity contribution in [3.05, 3.63) is 69.5 Å². The summed E-state index contributed by atoms with van der Waals surface area (Å²) in [5.41, 5.74) is 2.26. The number of phenols is 1. The third kappa shape index (κ3) is 4.46. The number of nitro groups is 1. The van der Waals surface area contributed by atoms with E-state index in [0.29, 0.717) is 10.9 Å². The minimum absolute atomic E-state index is 0.00613. The van der Waals surface area contributed by atoms with Crippen molar-refractivity contribution in [1.29, 1.82) is 0 Å². The number of rotatable bonds is 7. The van der Waals surface area contributed by atoms with Gasteiger partial charge in [0.2, 0.25) is 5.16 Å². The number of non-ortho nitro benzene ring substituents is 1. The van der Waals surface area contributed by atoms with Gasteiger partial charge in [-0.3, -0.25) is 10.1 Å². The summed E-state index contributed by atoms with van der Waals surface area (Å²) in [5.74, 6) is 0.442. The molecule has 1 heterocycles. The van der Waals surface area contributed by atoms with Crippen molar-refractivity contribution in [2.45, 2.75) is 17.8 Å². The second-order valence-corrected chi connectivity index (χ2v) is 6.76. The number of nitrogens with zero attached hydrogens (tertiary/aromatic N) is 5. The largest absolute Gasteiger partial charge is 0.504 e. The molecule has 1 aromatic heterocycles. The van der Waals surface area contributed by atoms with Crippen LogP contribution in [0.25, 0.3) is 0 Å². The molecule has 1 N–H and O–H groups in total. The Kier molecular flexibility index (Phi) is 5.90. The van der Waals surface area contributed by atoms with Crippen LogP contribution < -0.4 is 4.74 Å². The zero-order valence-electron chi connectivity index (χ0n) is 15.1. The SMILES string of the molecule is COc1cc([N+](=O)[O-])cc(/C=N/n2cnnc2SCc2ccc(C)cc2)c1O. The van der Waals surface area contributed by atoms with Crippen LogP contribution in [0.4, 0.5) is 5.69 Å². The number of nitro benzene ring substituents is 1. The molecule has 2 aromatic carbocycles. The second-order valence-electron chi connectivity index (χ2n) is 5.82. The molecule has 0 bridgehead atoms. The lowest BCUT2D eigenvalue weighted by atomic mass is 10.2. The van der Waals surface area contributed by atoms with Crippen molar-refractivity contribution >= 4 is 23.7 Å². The van der Waals surface area contributed by atoms with Gasteiger partial charge in [0.1, 0.15) is 6.33 Å². The zero-order chi connectivity index (χ0) is 20.1. The Labute approximate surface area is 164 Å². The van der Waals surface area contributed by atoms with Crippen molar-refractivity contribution in [3.63, 3.8) is 0 Å². The third-order valence-corrected chi connectivity index (χ3v) is 4.83. The predicted molar refractivity (Wildman–Crippen MR) is 105 cm³/mol. The maximum absolute atomic E-state index is 11.1. The molecule has 0 amide bonds. The Morgan fingerprint density at radius 2 is 2.11 bits per heavy atom. The third-order valence-electron chi connectivity index (χ3n) is 3.83. The molecule has 9 nitrogen and oxygen atoms in total. The molecule has 28 heavy (non-hydrogen) atoms. The number of benzene rings is 2. The highest BCUT2D eigenvalue weighted by molar-refractivity contribution is 7.98. The van der Waals surface area contributed by atoms with Gasteiger partial charge in [0, 0.05) is 17.4 Å². The Bertz CT molecular complexity index is 1020. The summed E-state index contributed by atoms with van der Waals surface area (Å²) in [6.45, 7) is 2.03. The number of ether oxygens (including phenoxy) is 1. The molecular formula is C18H17N5O4S. The van der Waals surface area contributed by atoms with E-state index < -0.39 is 4.92 Å². The molecule has 0 aliphatic rings. The van der Waals surface area contributed by atoms with Gasteiger partial charge in [0.05, 0.1) is 24.3 Å². The van der Waals surface area contributed by atoms with Crippen LogP contribution in [0, 0.1) is 17.0 Å². The van der Waals surface area contributed by atoms with Gasteiger partial charge in [0.25, 0.3) is 5.69 Å². The van der Waals surface area contributed by atoms with Crippen molar-refractivity contribution in [2.24, 2.45) is 5.10 Å². The normalized spacial score (nSPS) is 11.1. The highest BCUT2D eigenvalue weighted by Gasteiger charge is 2.16. The minimum atomic E-state index is -0.569. The van der Waals surface area contributed by atoms with Gasteiger partial charge in [-0.15, -0.1) is 10.2 Å². The van der Waals surface area contributed by atoms with E-state index in [1.165, 1.54) is 47.7 Å². The molecule has 0 saturated carbocycles. The van der Waals surface area contributed by atoms with Crippen LogP contribution in [0.3, 0.4) is 0 Å². The summed E-state index contributed by atoms with van der Waals surface area (Å²) in [5, 5.41) is 33.9. The molecule has 0 spiro atoms. The Balaban J connectivity index is 1.80. The molecule has 0 aliphatic heterocycles. The van der Waals surface area contributed by atoms with Crippen LogP contribution in [-0.4, -0.2) is 38.2 Å². The van der Waals surface area contributed by atoms with E-state index >= 15 is 0 Å². The summed E-state index contributed by atoms with van der Waals surface area (Å²) < 4.78 is 6.42. The molecule has 10 heteroatoms. The maximum Gasteiger partial charge on any atom is 0.274 e. The first-order valence-electron chi connectivity index (χ1n) is 8.16. The zero-order valence-corrected chi connectivity index (χ0v) is 16.0. The highest BCUT2D eigenvalue weighted by Crippen LogP contribution is 2.33. The van der Waals surface area contributed by atoms with E-state index in [0.717, 1.165) is 11.6 Å². The van der Waals surface area contributed by atoms with Gasteiger partial charge in [-0.1, -0.05) is 41.6 Å². The summed E-state index contributed by atoms with van der Waals surface area (Å²) in [6, 6.07) is 10.5. The van der Waals surface area contributed by atoms with Crippen LogP contribution in [0.1, 0.15) is 16.7 Å². The number of aromatic hydroxyl groups is 1. The molecule has 0 saturated heterocycles. The number of aryl methyl sites for hydroxylation is 1. The quantitative estimate of drug-likeness (QED) is 0.280. The lowest BCUT2D eigenvalue weighted by Gasteiger charge is -2.06. The summed E-state index contributed by atoms with van der Waals surface area (Å²) in [7, 11) is 1.32. The van der Waals surface area contributed by atoms with Crippen LogP contribution in [0.5, 0.6) is 11.5 Å². The molecule has 3 rings (SSSR count). The molecule has 0 radical (unpaired) electrons. The van der Waals surface area contributed by atoms with E-state index in [2.05, 4.69) is 15.3 Å². The fourth-order valence-electron chi connectivity index (χ4n) is 2.32. The number of thioether (sulfide) groups is 1. The topological polar surface area (TPSA) is 116 Å². The lowest BCUT2D eigenvalue weighted by Crippen LogP contribution is -1.96. The van der Waals surface area contributed by atoms with Gasteiger partial charge in [0.15, 0.2) is 11.5 Å². The monoisotopic (exact) mass is 399 g/mol. The number of methoxy groups -OCH3 is 1. The minimum Gasteiger partial charge on any atom is -0.504 e. The van der Waals surface area contributed by atoms with E-state index in [-0.39, 0.29) is 22.7 Å². The average Bonchev–Trinajstić information content (AvgIpc) is 3.14. The predicted octanol–water partition coefficient (Wildman–Crippen LogP) is 3.38. The first kappa shape index (κ1) is 19.4. The summed E-state index contributed by atoms with van der Waals surface area (Å²) >= 11 is 1.45. The Morgan fingerprint density at radius 1 is 1.36 bits per heavy atom. The second kappa shape index (κ2) is 8.53. The average molecular weight is 399 g/mol. The van der Waals surface area contributed by atoms with Crippen LogP contribution in [-0.2, 0) is 5.75 Å². The molecular weight excluding hydrogens is 382 g/mol. The van der Waals surface area contributed by atoms with Crippen LogP contribution in [0.15, 0.2) is 53.0 Å². The fraction of sp³-hybridized carbons (Fsp3) is 0.167. The van der Waals surface area contributed by atoms with E-state index in [9.17, 15) is 15.2 Å². The van der Waals surface area contributed by atoms with E-state index in [1.807, 2.05) is 31.2 Å². The van der Waals surface area contributed by atoms with Gasteiger partial charge in [-0.05, 0) is 12.5 Å². The molecule has 3 aromatic rings. The van der Waals surface area contributed by atoms with E-state index in [1.54, 1.807) is 0 Å². The summed E-state index contributed by atoms with van der Waals surface area (Å²) in [6.07, 6.45) is 2.71. The van der Waals surface area contributed by atoms with Crippen molar-refractivity contribution in [3.8, 4) is 11.5 Å². The van der Waals surface area contributed by atoms with Gasteiger partial charge >= 0.3 is 0 Å². The van der Waals surface area contributed by atoms with Crippen molar-refractivity contribution in [1.82, 2.24) is 14.9 Å². The molecule has 0 atom stereocenters. The lowest BCUT2D eigenvalue weighted by molar-refractivity contribution is -0.385. The summed E-state index contributed by atoms with van der Waals surface area (Å²) in [4.78, 5) is 10.5. The standard InChI is InChI=1S/C18H17N5O4S/c1-12-3-5-13(6-4-12)10-28-18-21-19-11-22(18)20-9-14-7-15(23(25)26)8-16(27-2)17(14)24/h3-9,11,24H,10H2,1-2H3/b20-9+. The number of aromatic nitrogens is 3. The molecule has 0 aliphatic carbocycles. The highest BCUT2D eigenvalue weighted by atomic mass is 32.2. The number of phenolic OH excluding ortho intramolecular Hbond substituents is 1. The molecule has 144 valence electrons. The van der Waals surface area contributed by atoms with Crippen LogP contribution in [0.2, 0.25) is 0 Å². The smallest absolute Gasteiger partial charge is 0.274 e. The Morgan fingerprint density at radius 3 is 2.79 bits per heavy atom. The first-order valence-corrected chi connectivity index (χ1v) is 9.14. The van der Waals surface area contributed by atoms with Gasteiger partial charge in [-0.2, -0.15) is 9.78 Å². The van der Waals surface area contributed by atoms with Gasteiger partial charge in [-0.25, -0.2) is 0 Å². The maximum atomic E-state index is 11.1. The van der Waals surface area contributed by atoms with E-state index in [4.69, 9.17) is 4.74 Å². The first-order chi connectivity index (χ1) is 13.5. The fourth-order valence-corrected chi connectivity index (χ4v) is 3.14. The van der Waals surface area contributed by atoms with Gasteiger partial charge < -0.3 is 9.84 Å². The number of hydrogen-bond donors (Lipinski definition) is 1.